The molecule has 0 radical (unpaired) electrons. The molecule has 2 rings (SSSR count). The third kappa shape index (κ3) is 6.96. The summed E-state index contributed by atoms with van der Waals surface area (Å²) in [5.41, 5.74) is 0. The van der Waals surface area contributed by atoms with Crippen LogP contribution in [0.3, 0.4) is 0 Å². The Balaban J connectivity index is 2.10. The van der Waals surface area contributed by atoms with E-state index >= 15 is 0 Å². The standard InChI is InChI=1S/C16H22O10S/c17-15(18)13-11-12(14(27-13)16(19)20)26-10-8-24-6-4-22-2-1-21-3-5-23-7-9-25-11/h1-10H2,(H,17,18)(H,19,20). The number of rotatable bonds is 2. The van der Waals surface area contributed by atoms with Crippen LogP contribution in [0, 0.1) is 0 Å². The summed E-state index contributed by atoms with van der Waals surface area (Å²) in [5, 5.41) is 18.7. The number of fused-ring (bicyclic) bond motifs is 1. The number of carbonyl (C=O) groups is 2. The average molecular weight is 406 g/mol. The molecule has 0 aliphatic carbocycles. The van der Waals surface area contributed by atoms with Gasteiger partial charge in [0.05, 0.1) is 52.9 Å². The summed E-state index contributed by atoms with van der Waals surface area (Å²) in [7, 11) is 0. The van der Waals surface area contributed by atoms with Crippen LogP contribution < -0.4 is 9.47 Å². The van der Waals surface area contributed by atoms with E-state index < -0.39 is 11.9 Å². The quantitative estimate of drug-likeness (QED) is 0.733. The van der Waals surface area contributed by atoms with E-state index in [9.17, 15) is 19.8 Å². The van der Waals surface area contributed by atoms with Gasteiger partial charge >= 0.3 is 11.9 Å². The Hall–Kier alpha value is -1.92. The van der Waals surface area contributed by atoms with E-state index in [1.165, 1.54) is 0 Å². The van der Waals surface area contributed by atoms with Crippen molar-refractivity contribution in [3.63, 3.8) is 0 Å². The molecule has 0 saturated carbocycles. The highest BCUT2D eigenvalue weighted by Gasteiger charge is 2.29. The molecule has 2 heterocycles. The van der Waals surface area contributed by atoms with Crippen molar-refractivity contribution in [2.75, 3.05) is 66.1 Å². The minimum atomic E-state index is -1.29. The predicted octanol–water partition coefficient (Wildman–Crippen LogP) is 0.982. The van der Waals surface area contributed by atoms with Crippen LogP contribution in [-0.2, 0) is 18.9 Å². The van der Waals surface area contributed by atoms with E-state index in [4.69, 9.17) is 28.4 Å². The molecule has 0 saturated heterocycles. The van der Waals surface area contributed by atoms with Crippen molar-refractivity contribution in [3.05, 3.63) is 9.75 Å². The van der Waals surface area contributed by atoms with Crippen LogP contribution in [0.4, 0.5) is 0 Å². The highest BCUT2D eigenvalue weighted by molar-refractivity contribution is 7.16. The maximum atomic E-state index is 11.4. The van der Waals surface area contributed by atoms with Gasteiger partial charge in [0.1, 0.15) is 13.2 Å². The Morgan fingerprint density at radius 3 is 1.19 bits per heavy atom. The van der Waals surface area contributed by atoms with Gasteiger partial charge in [-0.05, 0) is 0 Å². The molecule has 2 N–H and O–H groups in total. The zero-order valence-electron chi connectivity index (χ0n) is 14.6. The molecule has 152 valence electrons. The molecule has 0 amide bonds. The van der Waals surface area contributed by atoms with Crippen molar-refractivity contribution in [1.29, 1.82) is 0 Å². The molecule has 27 heavy (non-hydrogen) atoms. The van der Waals surface area contributed by atoms with Gasteiger partial charge in [-0.15, -0.1) is 11.3 Å². The van der Waals surface area contributed by atoms with Crippen molar-refractivity contribution in [2.45, 2.75) is 0 Å². The van der Waals surface area contributed by atoms with Crippen molar-refractivity contribution in [2.24, 2.45) is 0 Å². The van der Waals surface area contributed by atoms with Crippen molar-refractivity contribution in [1.82, 2.24) is 0 Å². The summed E-state index contributed by atoms with van der Waals surface area (Å²) in [6.45, 7) is 2.77. The lowest BCUT2D eigenvalue weighted by atomic mass is 10.3. The summed E-state index contributed by atoms with van der Waals surface area (Å²) < 4.78 is 32.3. The average Bonchev–Trinajstić information content (AvgIpc) is 3.00. The summed E-state index contributed by atoms with van der Waals surface area (Å²) in [6, 6.07) is 0. The molecular formula is C16H22O10S. The molecular weight excluding hydrogens is 384 g/mol. The van der Waals surface area contributed by atoms with Gasteiger partial charge in [0.2, 0.25) is 0 Å². The number of carboxylic acids is 2. The first-order valence-corrected chi connectivity index (χ1v) is 9.13. The molecule has 11 heteroatoms. The third-order valence-corrected chi connectivity index (χ3v) is 4.40. The van der Waals surface area contributed by atoms with Gasteiger partial charge in [-0.3, -0.25) is 0 Å². The second kappa shape index (κ2) is 11.7. The Bertz CT molecular complexity index is 564. The number of hydrogen-bond acceptors (Lipinski definition) is 9. The monoisotopic (exact) mass is 406 g/mol. The molecule has 0 fully saturated rings. The highest BCUT2D eigenvalue weighted by Crippen LogP contribution is 2.42. The van der Waals surface area contributed by atoms with Gasteiger partial charge in [0, 0.05) is 0 Å². The van der Waals surface area contributed by atoms with E-state index in [1.54, 1.807) is 0 Å². The Kier molecular flexibility index (Phi) is 9.28. The minimum Gasteiger partial charge on any atom is -0.486 e. The predicted molar refractivity (Wildman–Crippen MR) is 92.5 cm³/mol. The second-order valence-electron chi connectivity index (χ2n) is 5.18. The summed E-state index contributed by atoms with van der Waals surface area (Å²) >= 11 is 0.584. The summed E-state index contributed by atoms with van der Waals surface area (Å²) in [4.78, 5) is 22.4. The molecule has 1 aliphatic rings. The second-order valence-corrected chi connectivity index (χ2v) is 6.20. The van der Waals surface area contributed by atoms with E-state index in [0.717, 1.165) is 0 Å². The van der Waals surface area contributed by atoms with Crippen molar-refractivity contribution in [3.8, 4) is 11.5 Å². The number of thiophene rings is 1. The molecule has 0 aromatic carbocycles. The first-order chi connectivity index (χ1) is 13.1. The van der Waals surface area contributed by atoms with Gasteiger partial charge in [0.15, 0.2) is 21.3 Å². The van der Waals surface area contributed by atoms with Gasteiger partial charge in [0.25, 0.3) is 0 Å². The summed E-state index contributed by atoms with van der Waals surface area (Å²) in [5.74, 6) is -2.82. The highest BCUT2D eigenvalue weighted by atomic mass is 32.1. The van der Waals surface area contributed by atoms with Gasteiger partial charge in [-0.1, -0.05) is 0 Å². The molecule has 1 aromatic heterocycles. The van der Waals surface area contributed by atoms with Crippen LogP contribution in [0.2, 0.25) is 0 Å². The van der Waals surface area contributed by atoms with Crippen LogP contribution in [0.15, 0.2) is 0 Å². The topological polar surface area (TPSA) is 130 Å². The van der Waals surface area contributed by atoms with Gasteiger partial charge in [-0.25, -0.2) is 9.59 Å². The molecule has 0 spiro atoms. The SMILES string of the molecule is O=C(O)c1sc(C(=O)O)c2c1OCCOCCOCCOCCOCCO2. The van der Waals surface area contributed by atoms with Crippen LogP contribution in [0.1, 0.15) is 19.3 Å². The fourth-order valence-electron chi connectivity index (χ4n) is 2.11. The maximum absolute atomic E-state index is 11.4. The maximum Gasteiger partial charge on any atom is 0.349 e. The Labute approximate surface area is 159 Å². The fourth-order valence-corrected chi connectivity index (χ4v) is 2.98. The van der Waals surface area contributed by atoms with E-state index in [0.29, 0.717) is 51.0 Å². The van der Waals surface area contributed by atoms with Crippen LogP contribution >= 0.6 is 11.3 Å². The lowest BCUT2D eigenvalue weighted by Gasteiger charge is -2.12. The zero-order valence-corrected chi connectivity index (χ0v) is 15.5. The van der Waals surface area contributed by atoms with Crippen LogP contribution in [-0.4, -0.2) is 88.2 Å². The van der Waals surface area contributed by atoms with Gasteiger partial charge in [-0.2, -0.15) is 0 Å². The normalized spacial score (nSPS) is 18.2. The van der Waals surface area contributed by atoms with E-state index in [-0.39, 0.29) is 47.7 Å². The number of carboxylic acid groups (broad SMARTS) is 2. The summed E-state index contributed by atoms with van der Waals surface area (Å²) in [6.07, 6.45) is 0. The van der Waals surface area contributed by atoms with E-state index in [1.807, 2.05) is 0 Å². The molecule has 0 atom stereocenters. The molecule has 0 unspecified atom stereocenters. The van der Waals surface area contributed by atoms with Crippen molar-refractivity contribution >= 4 is 23.3 Å². The first-order valence-electron chi connectivity index (χ1n) is 8.31. The Morgan fingerprint density at radius 2 is 0.889 bits per heavy atom. The largest absolute Gasteiger partial charge is 0.486 e. The zero-order chi connectivity index (χ0) is 19.5. The Morgan fingerprint density at radius 1 is 0.593 bits per heavy atom. The lowest BCUT2D eigenvalue weighted by molar-refractivity contribution is -0.00846. The lowest BCUT2D eigenvalue weighted by Crippen LogP contribution is -2.16. The smallest absolute Gasteiger partial charge is 0.349 e. The third-order valence-electron chi connectivity index (χ3n) is 3.28. The van der Waals surface area contributed by atoms with Crippen LogP contribution in [0.5, 0.6) is 11.5 Å². The van der Waals surface area contributed by atoms with Crippen LogP contribution in [0.25, 0.3) is 0 Å². The van der Waals surface area contributed by atoms with Gasteiger partial charge < -0.3 is 38.6 Å². The fraction of sp³-hybridized carbons (Fsp3) is 0.625. The number of ether oxygens (including phenoxy) is 6. The molecule has 1 aliphatic heterocycles. The number of hydrogen-bond donors (Lipinski definition) is 2. The molecule has 10 nitrogen and oxygen atoms in total. The molecule has 1 aromatic rings. The first kappa shape index (κ1) is 21.4. The van der Waals surface area contributed by atoms with E-state index in [2.05, 4.69) is 0 Å². The molecule has 0 bridgehead atoms. The minimum absolute atomic E-state index is 0.0338. The number of aromatic carboxylic acids is 2. The van der Waals surface area contributed by atoms with Crippen molar-refractivity contribution < 1.29 is 48.2 Å².